The largest absolute Gasteiger partial charge is 0.0561 e. The molecule has 2 aromatic heterocycles. The third kappa shape index (κ3) is 8.96. The first kappa shape index (κ1) is 55.5. The number of hydrogen-bond donors (Lipinski definition) is 0. The molecule has 422 valence electrons. The normalized spacial score (nSPS) is 14.2. The Morgan fingerprint density at radius 3 is 1.67 bits per heavy atom. The van der Waals surface area contributed by atoms with Crippen LogP contribution in [-0.2, 0) is 42.7 Å². The van der Waals surface area contributed by atoms with Crippen molar-refractivity contribution in [2.75, 3.05) is 9.80 Å². The molecule has 0 atom stereocenters. The number of anilines is 4. The summed E-state index contributed by atoms with van der Waals surface area (Å²) in [5.74, 6) is 3.91. The molecule has 0 fully saturated rings. The van der Waals surface area contributed by atoms with Gasteiger partial charge in [0.05, 0.1) is 0 Å². The molecule has 0 amide bonds. The summed E-state index contributed by atoms with van der Waals surface area (Å²) < 4.78 is 21.6. The van der Waals surface area contributed by atoms with Gasteiger partial charge in [-0.25, -0.2) is 0 Å². The summed E-state index contributed by atoms with van der Waals surface area (Å²) in [6, 6.07) is 76.7. The van der Waals surface area contributed by atoms with Crippen molar-refractivity contribution in [1.82, 2.24) is 9.55 Å². The van der Waals surface area contributed by atoms with Crippen LogP contribution in [0.5, 0.6) is 23.0 Å². The second kappa shape index (κ2) is 20.0. The Labute approximate surface area is 512 Å². The molecule has 0 unspecified atom stereocenters. The van der Waals surface area contributed by atoms with Crippen molar-refractivity contribution in [3.05, 3.63) is 235 Å². The van der Waals surface area contributed by atoms with E-state index in [4.69, 9.17) is 14.5 Å². The first-order valence-electron chi connectivity index (χ1n) is 29.2. The van der Waals surface area contributed by atoms with E-state index in [2.05, 4.69) is 298 Å². The molecule has 0 radical (unpaired) electrons. The first-order chi connectivity index (χ1) is 39.7. The SMILES string of the molecule is CC(C)(C)c1cc(-c2cc(C(C)(C)C)cc(-c3ccccc3)c2N2[CH-]N(c3[c-]c(Oc4[c-]c5c6[c](c4)[Ge]4([c]7ccccc7Oc7cccc[c]74)[c]4cccc(c46)n5-c4cc(C(C)(C)C)ccn4)ccc3)c3ccccc32)cc(C(C)(C)C)c1.[Pt]. The fraction of sp³-hybridized carbons (Fsp3) is 0.211. The van der Waals surface area contributed by atoms with Crippen LogP contribution in [0.4, 0.5) is 22.7 Å². The number of nitrogens with zero attached hydrogens (tertiary/aromatic N) is 4. The summed E-state index contributed by atoms with van der Waals surface area (Å²) in [6.07, 6.45) is 1.95. The first-order valence-corrected chi connectivity index (χ1v) is 33.4. The van der Waals surface area contributed by atoms with Crippen LogP contribution in [0.3, 0.4) is 0 Å². The zero-order valence-electron chi connectivity index (χ0n) is 50.0. The number of aromatic nitrogens is 2. The van der Waals surface area contributed by atoms with Crippen molar-refractivity contribution < 1.29 is 30.5 Å². The Kier molecular flexibility index (Phi) is 13.2. The molecule has 0 bridgehead atoms. The standard InChI is InChI=1S/C76H69GeN4O2.Pt/c1-73(2,3)50-36-37-78-69(43-50)81-65-33-23-30-61-70(65)71-62(77(61)59-28-16-20-34-67(59)83-68-35-21-17-29-60(68)77)45-56(46-66(71)81)82-55-27-22-26-54(44-55)79-47-80(64-32-19-18-31-63(64)79)72-57(48-24-14-13-15-25-48)41-53(76(10,11)12)42-58(72)49-38-51(74(4,5)6)40-52(39-49)75(7,8)9;/h13-43,45,47H,1-12H3;/q-3;. The summed E-state index contributed by atoms with van der Waals surface area (Å²) in [4.78, 5) is 9.78. The van der Waals surface area contributed by atoms with Crippen molar-refractivity contribution in [2.45, 2.75) is 105 Å². The third-order valence-electron chi connectivity index (χ3n) is 17.4. The summed E-state index contributed by atoms with van der Waals surface area (Å²) >= 11 is -3.83. The van der Waals surface area contributed by atoms with Gasteiger partial charge >= 0.3 is 328 Å². The van der Waals surface area contributed by atoms with Crippen LogP contribution in [-0.4, -0.2) is 22.8 Å². The molecular formula is C76H69GeN4O2Pt-3. The van der Waals surface area contributed by atoms with Crippen LogP contribution in [0, 0.1) is 18.8 Å². The Hall–Kier alpha value is -7.64. The van der Waals surface area contributed by atoms with E-state index in [0.717, 1.165) is 56.7 Å². The van der Waals surface area contributed by atoms with Gasteiger partial charge < -0.3 is 0 Å². The van der Waals surface area contributed by atoms with Crippen molar-refractivity contribution in [1.29, 1.82) is 0 Å². The molecule has 0 saturated heterocycles. The maximum Gasteiger partial charge on any atom is 0 e. The van der Waals surface area contributed by atoms with E-state index in [9.17, 15) is 0 Å². The molecule has 1 spiro atoms. The number of rotatable bonds is 7. The molecule has 0 N–H and O–H groups in total. The summed E-state index contributed by atoms with van der Waals surface area (Å²) in [7, 11) is 0. The van der Waals surface area contributed by atoms with Crippen molar-refractivity contribution in [2.24, 2.45) is 0 Å². The third-order valence-corrected chi connectivity index (χ3v) is 27.6. The van der Waals surface area contributed by atoms with E-state index < -0.39 is 13.3 Å². The van der Waals surface area contributed by atoms with Gasteiger partial charge in [0.25, 0.3) is 0 Å². The van der Waals surface area contributed by atoms with Gasteiger partial charge in [0, 0.05) is 21.1 Å². The molecule has 14 rings (SSSR count). The van der Waals surface area contributed by atoms with E-state index in [1.54, 1.807) is 0 Å². The Morgan fingerprint density at radius 1 is 0.464 bits per heavy atom. The van der Waals surface area contributed by atoms with Crippen molar-refractivity contribution >= 4 is 75.4 Å². The zero-order chi connectivity index (χ0) is 57.5. The molecule has 0 aliphatic carbocycles. The fourth-order valence-corrected chi connectivity index (χ4v) is 24.3. The monoisotopic (exact) mass is 1340 g/mol. The van der Waals surface area contributed by atoms with Crippen LogP contribution in [0.2, 0.25) is 0 Å². The van der Waals surface area contributed by atoms with Gasteiger partial charge in [-0.1, -0.05) is 111 Å². The van der Waals surface area contributed by atoms with Gasteiger partial charge in [-0.3, -0.25) is 0 Å². The molecule has 3 aliphatic rings. The number of hydrogen-bond acceptors (Lipinski definition) is 5. The second-order valence-electron chi connectivity index (χ2n) is 27.0. The van der Waals surface area contributed by atoms with Crippen LogP contribution < -0.4 is 36.9 Å². The van der Waals surface area contributed by atoms with Gasteiger partial charge in [-0.05, 0) is 56.2 Å². The number of benzene rings is 9. The maximum absolute atomic E-state index is 7.27. The predicted octanol–water partition coefficient (Wildman–Crippen LogP) is 17.3. The number of pyridine rings is 1. The topological polar surface area (TPSA) is 42.8 Å². The number of fused-ring (bicyclic) bond motifs is 7. The van der Waals surface area contributed by atoms with E-state index in [-0.39, 0.29) is 42.7 Å². The molecule has 3 aliphatic heterocycles. The van der Waals surface area contributed by atoms with Crippen LogP contribution in [0.25, 0.3) is 49.9 Å². The van der Waals surface area contributed by atoms with Gasteiger partial charge in [0.15, 0.2) is 0 Å². The van der Waals surface area contributed by atoms with E-state index >= 15 is 0 Å². The van der Waals surface area contributed by atoms with Gasteiger partial charge in [0.1, 0.15) is 0 Å². The Balaban J connectivity index is 0.00000658. The zero-order valence-corrected chi connectivity index (χ0v) is 54.3. The fourth-order valence-electron chi connectivity index (χ4n) is 13.0. The average molecular weight is 1340 g/mol. The van der Waals surface area contributed by atoms with E-state index in [1.165, 1.54) is 67.3 Å². The number of ether oxygens (including phenoxy) is 2. The van der Waals surface area contributed by atoms with Gasteiger partial charge in [0.2, 0.25) is 0 Å². The van der Waals surface area contributed by atoms with Crippen LogP contribution in [0.1, 0.15) is 105 Å². The quantitative estimate of drug-likeness (QED) is 0.118. The van der Waals surface area contributed by atoms with Crippen molar-refractivity contribution in [3.63, 3.8) is 0 Å². The summed E-state index contributed by atoms with van der Waals surface area (Å²) in [6.45, 7) is 29.9. The molecular weight excluding hydrogens is 1270 g/mol. The summed E-state index contributed by atoms with van der Waals surface area (Å²) in [5, 5.41) is 2.47. The molecule has 0 saturated carbocycles. The minimum Gasteiger partial charge on any atom is -0.0561 e. The van der Waals surface area contributed by atoms with Gasteiger partial charge in [-0.2, -0.15) is 0 Å². The smallest absolute Gasteiger partial charge is 0 e. The molecule has 9 aromatic carbocycles. The molecule has 5 heterocycles. The Morgan fingerprint density at radius 2 is 1.02 bits per heavy atom. The molecule has 8 heteroatoms. The van der Waals surface area contributed by atoms with Crippen LogP contribution in [0.15, 0.2) is 194 Å². The van der Waals surface area contributed by atoms with Gasteiger partial charge in [-0.15, -0.1) is 0 Å². The second-order valence-corrected chi connectivity index (χ2v) is 34.7. The molecule has 84 heavy (non-hydrogen) atoms. The maximum atomic E-state index is 7.27. The predicted molar refractivity (Wildman–Crippen MR) is 347 cm³/mol. The minimum absolute atomic E-state index is 0. The molecule has 6 nitrogen and oxygen atoms in total. The van der Waals surface area contributed by atoms with E-state index in [0.29, 0.717) is 11.5 Å². The number of para-hydroxylation sites is 4. The average Bonchev–Trinajstić information content (AvgIpc) is 1.49. The Bertz CT molecular complexity index is 4360. The van der Waals surface area contributed by atoms with Crippen LogP contribution >= 0.6 is 0 Å². The van der Waals surface area contributed by atoms with Crippen molar-refractivity contribution in [3.8, 4) is 51.1 Å². The summed E-state index contributed by atoms with van der Waals surface area (Å²) in [5.41, 5.74) is 15.6. The van der Waals surface area contributed by atoms with E-state index in [1.807, 2.05) is 12.3 Å². The molecule has 11 aromatic rings. The minimum atomic E-state index is -3.83.